The second kappa shape index (κ2) is 23.9. The Bertz CT molecular complexity index is 3290. The summed E-state index contributed by atoms with van der Waals surface area (Å²) in [5, 5.41) is 60.4. The Balaban J connectivity index is 0.939. The zero-order chi connectivity index (χ0) is 55.4. The van der Waals surface area contributed by atoms with Crippen molar-refractivity contribution in [1.82, 2.24) is 10.2 Å². The van der Waals surface area contributed by atoms with Gasteiger partial charge in [0.1, 0.15) is 29.8 Å². The summed E-state index contributed by atoms with van der Waals surface area (Å²) in [4.78, 5) is 94.2. The number of aliphatic carboxylic acids is 1. The van der Waals surface area contributed by atoms with Gasteiger partial charge in [0.15, 0.2) is 6.10 Å². The van der Waals surface area contributed by atoms with Crippen LogP contribution in [0.1, 0.15) is 66.2 Å². The second-order valence-electron chi connectivity index (χ2n) is 19.3. The minimum Gasteiger partial charge on any atom is -0.507 e. The molecule has 19 nitrogen and oxygen atoms in total. The fraction of sp³-hybridized carbons (Fsp3) is 0.316. The Kier molecular flexibility index (Phi) is 16.9. The van der Waals surface area contributed by atoms with Crippen molar-refractivity contribution in [1.29, 1.82) is 0 Å². The van der Waals surface area contributed by atoms with Gasteiger partial charge in [0, 0.05) is 116 Å². The number of amides is 6. The molecule has 0 aliphatic carbocycles. The SMILES string of the molecule is O=C(CCCCCN1C(=O)C=CC1=O)NCCC(=O)Nc1cc(/C=C/C(=O)N2C[C@@H](CCl)c3c2cc(O)c2ccccc32)ccc1/C=C/C(=O)N1C[C@@H](CCl)c2c1cc(O[C@@H]1O[C@H](C(=O)O)[C@@H](O)[C@H](O)[C@H]1O)c1ccccc21. The summed E-state index contributed by atoms with van der Waals surface area (Å²) in [7, 11) is 0. The van der Waals surface area contributed by atoms with E-state index in [1.807, 2.05) is 18.2 Å². The van der Waals surface area contributed by atoms with Crippen molar-refractivity contribution in [3.8, 4) is 11.5 Å². The van der Waals surface area contributed by atoms with Gasteiger partial charge in [-0.25, -0.2) is 4.79 Å². The molecule has 0 aromatic heterocycles. The summed E-state index contributed by atoms with van der Waals surface area (Å²) in [6.45, 7) is 0.678. The number of hydrogen-bond donors (Lipinski definition) is 7. The van der Waals surface area contributed by atoms with Crippen molar-refractivity contribution in [2.24, 2.45) is 0 Å². The first-order chi connectivity index (χ1) is 37.6. The Labute approximate surface area is 456 Å². The number of benzene rings is 5. The molecule has 0 bridgehead atoms. The zero-order valence-corrected chi connectivity index (χ0v) is 43.3. The van der Waals surface area contributed by atoms with Crippen molar-refractivity contribution in [2.45, 2.75) is 74.6 Å². The maximum atomic E-state index is 14.4. The summed E-state index contributed by atoms with van der Waals surface area (Å²) in [5.74, 6) is -4.05. The molecule has 0 saturated carbocycles. The molecule has 5 aromatic rings. The van der Waals surface area contributed by atoms with Crippen LogP contribution in [0.3, 0.4) is 0 Å². The van der Waals surface area contributed by atoms with Gasteiger partial charge in [-0.15, -0.1) is 23.2 Å². The van der Waals surface area contributed by atoms with Crippen LogP contribution < -0.4 is 25.2 Å². The summed E-state index contributed by atoms with van der Waals surface area (Å²) in [6, 6.07) is 22.5. The standard InChI is InChI=1S/C57H55Cl2N5O14/c58-27-33-29-63(40-25-42(65)35-8-3-5-10-37(35)50(33)40)48(70)17-14-31-13-15-32(39(24-31)61-45(67)21-22-60-44(66)12-2-1-7-23-62-46(68)19-20-47(62)69)16-18-49(71)64-30-34(28-59)51-38-11-6-4-9-36(38)43(26-41(51)64)77-57-54(74)52(72)53(73)55(78-57)56(75)76/h3-6,8-11,13-20,24-26,33-34,52-55,57,65,72-74H,1-2,7,12,21-23,27-30H2,(H,60,66)(H,61,67)(H,75,76)/b17-14+,18-16+/t33-,34-,52+,53+,54-,55+,57-/m1/s1. The lowest BCUT2D eigenvalue weighted by Gasteiger charge is -2.38. The normalized spacial score (nSPS) is 21.8. The second-order valence-corrected chi connectivity index (χ2v) is 19.9. The van der Waals surface area contributed by atoms with Crippen LogP contribution >= 0.6 is 23.2 Å². The molecule has 5 aromatic carbocycles. The number of phenolic OH excluding ortho intramolecular Hbond substituents is 1. The van der Waals surface area contributed by atoms with E-state index in [4.69, 9.17) is 32.7 Å². The van der Waals surface area contributed by atoms with Gasteiger partial charge in [0.05, 0.1) is 11.4 Å². The number of carbonyl (C=O) groups excluding carboxylic acids is 6. The number of ether oxygens (including phenoxy) is 2. The van der Waals surface area contributed by atoms with Gasteiger partial charge >= 0.3 is 5.97 Å². The van der Waals surface area contributed by atoms with Crippen LogP contribution in [0.2, 0.25) is 0 Å². The summed E-state index contributed by atoms with van der Waals surface area (Å²) >= 11 is 13.0. The molecule has 6 amide bonds. The van der Waals surface area contributed by atoms with Gasteiger partial charge in [-0.1, -0.05) is 67.1 Å². The number of carboxylic acid groups (broad SMARTS) is 1. The lowest BCUT2D eigenvalue weighted by atomic mass is 9.95. The van der Waals surface area contributed by atoms with E-state index in [9.17, 15) is 59.1 Å². The van der Waals surface area contributed by atoms with Gasteiger partial charge in [0.2, 0.25) is 18.1 Å². The molecule has 7 atom stereocenters. The lowest BCUT2D eigenvalue weighted by molar-refractivity contribution is -0.270. The molecule has 4 heterocycles. The third-order valence-electron chi connectivity index (χ3n) is 14.3. The smallest absolute Gasteiger partial charge is 0.335 e. The number of phenols is 1. The van der Waals surface area contributed by atoms with Gasteiger partial charge in [-0.05, 0) is 64.1 Å². The Morgan fingerprint density at radius 1 is 0.692 bits per heavy atom. The fourth-order valence-electron chi connectivity index (χ4n) is 10.3. The van der Waals surface area contributed by atoms with Crippen LogP contribution in [0.4, 0.5) is 17.1 Å². The molecule has 0 spiro atoms. The lowest BCUT2D eigenvalue weighted by Crippen LogP contribution is -2.61. The van der Waals surface area contributed by atoms with Crippen molar-refractivity contribution in [3.05, 3.63) is 125 Å². The van der Waals surface area contributed by atoms with Crippen LogP contribution in [0.5, 0.6) is 11.5 Å². The van der Waals surface area contributed by atoms with Crippen molar-refractivity contribution in [3.63, 3.8) is 0 Å². The number of halogens is 2. The topological polar surface area (TPSA) is 273 Å². The number of imide groups is 1. The molecule has 1 fully saturated rings. The van der Waals surface area contributed by atoms with Crippen LogP contribution in [0, 0.1) is 0 Å². The number of aliphatic hydroxyl groups is 3. The van der Waals surface area contributed by atoms with Gasteiger partial charge < -0.3 is 55.4 Å². The average Bonchev–Trinajstić information content (AvgIpc) is 4.13. The molecular weight excluding hydrogens is 1050 g/mol. The van der Waals surface area contributed by atoms with E-state index in [1.54, 1.807) is 65.6 Å². The Morgan fingerprint density at radius 3 is 1.94 bits per heavy atom. The highest BCUT2D eigenvalue weighted by molar-refractivity contribution is 6.20. The number of carbonyl (C=O) groups is 7. The van der Waals surface area contributed by atoms with E-state index in [0.717, 1.165) is 21.4 Å². The molecule has 78 heavy (non-hydrogen) atoms. The average molecular weight is 1100 g/mol. The van der Waals surface area contributed by atoms with E-state index in [1.165, 1.54) is 41.3 Å². The summed E-state index contributed by atoms with van der Waals surface area (Å²) in [6.07, 6.45) is 0.501. The number of aliphatic hydroxyl groups excluding tert-OH is 3. The highest BCUT2D eigenvalue weighted by atomic mass is 35.5. The largest absolute Gasteiger partial charge is 0.507 e. The maximum absolute atomic E-state index is 14.4. The number of rotatable bonds is 19. The predicted octanol–water partition coefficient (Wildman–Crippen LogP) is 5.66. The molecule has 4 aliphatic rings. The number of hydrogen-bond acceptors (Lipinski definition) is 13. The maximum Gasteiger partial charge on any atom is 0.335 e. The van der Waals surface area contributed by atoms with Crippen molar-refractivity contribution >= 4 is 115 Å². The molecule has 406 valence electrons. The van der Waals surface area contributed by atoms with Crippen LogP contribution in [-0.2, 0) is 38.3 Å². The third-order valence-corrected chi connectivity index (χ3v) is 15.0. The number of anilines is 3. The number of carboxylic acids is 1. The summed E-state index contributed by atoms with van der Waals surface area (Å²) in [5.41, 5.74) is 3.67. The zero-order valence-electron chi connectivity index (χ0n) is 41.8. The first-order valence-electron chi connectivity index (χ1n) is 25.3. The number of aromatic hydroxyl groups is 1. The quantitative estimate of drug-likeness (QED) is 0.0228. The van der Waals surface area contributed by atoms with E-state index in [-0.39, 0.29) is 103 Å². The first kappa shape index (κ1) is 55.1. The summed E-state index contributed by atoms with van der Waals surface area (Å²) < 4.78 is 11.5. The van der Waals surface area contributed by atoms with Crippen LogP contribution in [0.25, 0.3) is 33.7 Å². The monoisotopic (exact) mass is 1100 g/mol. The molecule has 7 N–H and O–H groups in total. The first-order valence-corrected chi connectivity index (χ1v) is 26.4. The third kappa shape index (κ3) is 11.5. The van der Waals surface area contributed by atoms with Gasteiger partial charge in [0.25, 0.3) is 23.6 Å². The van der Waals surface area contributed by atoms with Gasteiger partial charge in [-0.2, -0.15) is 0 Å². The number of fused-ring (bicyclic) bond motifs is 6. The number of alkyl halides is 2. The van der Waals surface area contributed by atoms with E-state index >= 15 is 0 Å². The minimum absolute atomic E-state index is 0.00131. The molecule has 9 rings (SSSR count). The van der Waals surface area contributed by atoms with Crippen molar-refractivity contribution in [2.75, 3.05) is 53.1 Å². The van der Waals surface area contributed by atoms with E-state index in [2.05, 4.69) is 10.6 Å². The molecule has 1 saturated heterocycles. The number of nitrogens with zero attached hydrogens (tertiary/aromatic N) is 3. The van der Waals surface area contributed by atoms with Crippen LogP contribution in [-0.4, -0.2) is 140 Å². The fourth-order valence-corrected chi connectivity index (χ4v) is 10.8. The predicted molar refractivity (Wildman–Crippen MR) is 291 cm³/mol. The van der Waals surface area contributed by atoms with Gasteiger partial charge in [-0.3, -0.25) is 33.7 Å². The molecule has 0 radical (unpaired) electrons. The number of unbranched alkanes of at least 4 members (excludes halogenated alkanes) is 2. The molecule has 21 heteroatoms. The van der Waals surface area contributed by atoms with Crippen molar-refractivity contribution < 1.29 is 68.6 Å². The van der Waals surface area contributed by atoms with Crippen LogP contribution in [0.15, 0.2) is 103 Å². The highest BCUT2D eigenvalue weighted by Gasteiger charge is 2.48. The number of nitrogens with one attached hydrogen (secondary N) is 2. The highest BCUT2D eigenvalue weighted by Crippen LogP contribution is 2.47. The van der Waals surface area contributed by atoms with E-state index < -0.39 is 48.5 Å². The Hall–Kier alpha value is -7.65. The van der Waals surface area contributed by atoms with E-state index in [0.29, 0.717) is 57.9 Å². The Morgan fingerprint density at radius 2 is 1.29 bits per heavy atom. The molecular formula is C57H55Cl2N5O14. The molecule has 4 aliphatic heterocycles. The minimum atomic E-state index is -1.94. The molecule has 0 unspecified atom stereocenters.